The fourth-order valence-electron chi connectivity index (χ4n) is 3.01. The molecule has 1 aromatic carbocycles. The number of benzene rings is 1. The van der Waals surface area contributed by atoms with Crippen LogP contribution < -0.4 is 4.74 Å². The van der Waals surface area contributed by atoms with Crippen LogP contribution in [0.5, 0.6) is 5.75 Å². The van der Waals surface area contributed by atoms with Crippen LogP contribution in [0, 0.1) is 20.8 Å². The van der Waals surface area contributed by atoms with Crippen LogP contribution in [0.15, 0.2) is 24.4 Å². The highest BCUT2D eigenvalue weighted by atomic mass is 32.2. The molecule has 0 aliphatic rings. The minimum absolute atomic E-state index is 0.562. The molecule has 0 aliphatic heterocycles. The van der Waals surface area contributed by atoms with Crippen LogP contribution in [0.25, 0.3) is 22.6 Å². The quantitative estimate of drug-likeness (QED) is 0.580. The second-order valence-corrected chi connectivity index (χ2v) is 7.77. The molecule has 3 aromatic rings. The molecule has 2 aromatic heterocycles. The Morgan fingerprint density at radius 1 is 1.15 bits per heavy atom. The molecule has 0 N–H and O–H groups in total. The predicted octanol–water partition coefficient (Wildman–Crippen LogP) is 3.58. The van der Waals surface area contributed by atoms with Crippen molar-refractivity contribution in [1.82, 2.24) is 13.9 Å². The number of hydrogen-bond donors (Lipinski definition) is 0. The lowest BCUT2D eigenvalue weighted by atomic mass is 10.1. The van der Waals surface area contributed by atoms with E-state index < -0.39 is 11.0 Å². The Labute approximate surface area is 162 Å². The molecule has 0 saturated carbocycles. The summed E-state index contributed by atoms with van der Waals surface area (Å²) in [4.78, 5) is 9.26. The third kappa shape index (κ3) is 3.89. The molecular weight excluding hydrogens is 362 g/mol. The molecule has 0 spiro atoms. The topological polar surface area (TPSA) is 66.2 Å². The summed E-state index contributed by atoms with van der Waals surface area (Å²) in [5.41, 5.74) is 5.52. The lowest BCUT2D eigenvalue weighted by Crippen LogP contribution is -2.07. The van der Waals surface area contributed by atoms with Gasteiger partial charge in [-0.1, -0.05) is 0 Å². The number of nitrogens with zero attached hydrogens (tertiary/aromatic N) is 3. The summed E-state index contributed by atoms with van der Waals surface area (Å²) in [7, 11) is 0.410. The summed E-state index contributed by atoms with van der Waals surface area (Å²) in [5, 5.41) is 0. The molecule has 0 amide bonds. The fourth-order valence-corrected chi connectivity index (χ4v) is 3.80. The standard InChI is InChI=1S/C20H25N3O3S/c1-13-11-16-17(12-14(13)2)23(27(5)24)20(22-16)19-15(3)18(7-8-21-19)26-10-6-9-25-4/h7-8,11-12H,6,9-10H2,1-5H3. The number of imidazole rings is 1. The number of hydrogen-bond acceptors (Lipinski definition) is 5. The van der Waals surface area contributed by atoms with Crippen molar-refractivity contribution in [2.75, 3.05) is 26.6 Å². The first-order chi connectivity index (χ1) is 12.9. The molecule has 0 saturated heterocycles. The van der Waals surface area contributed by atoms with E-state index in [1.165, 1.54) is 0 Å². The molecule has 1 unspecified atom stereocenters. The average molecular weight is 388 g/mol. The van der Waals surface area contributed by atoms with E-state index in [0.717, 1.165) is 39.9 Å². The van der Waals surface area contributed by atoms with Crippen LogP contribution in [0.4, 0.5) is 0 Å². The molecule has 0 fully saturated rings. The van der Waals surface area contributed by atoms with Crippen molar-refractivity contribution in [2.24, 2.45) is 0 Å². The highest BCUT2D eigenvalue weighted by Gasteiger charge is 2.20. The van der Waals surface area contributed by atoms with E-state index in [9.17, 15) is 4.21 Å². The number of aromatic nitrogens is 3. The van der Waals surface area contributed by atoms with Crippen molar-refractivity contribution in [3.05, 3.63) is 41.1 Å². The van der Waals surface area contributed by atoms with Gasteiger partial charge in [0, 0.05) is 38.2 Å². The van der Waals surface area contributed by atoms with Crippen LogP contribution in [-0.4, -0.2) is 44.7 Å². The zero-order valence-electron chi connectivity index (χ0n) is 16.4. The summed E-state index contributed by atoms with van der Waals surface area (Å²) in [6.07, 6.45) is 4.16. The zero-order chi connectivity index (χ0) is 19.6. The van der Waals surface area contributed by atoms with Crippen molar-refractivity contribution in [2.45, 2.75) is 27.2 Å². The van der Waals surface area contributed by atoms with E-state index in [-0.39, 0.29) is 0 Å². The van der Waals surface area contributed by atoms with Crippen molar-refractivity contribution >= 4 is 22.0 Å². The van der Waals surface area contributed by atoms with Gasteiger partial charge in [0.15, 0.2) is 5.82 Å². The molecule has 144 valence electrons. The second kappa shape index (κ2) is 8.19. The normalized spacial score (nSPS) is 12.5. The van der Waals surface area contributed by atoms with E-state index in [1.54, 1.807) is 23.5 Å². The highest BCUT2D eigenvalue weighted by molar-refractivity contribution is 7.83. The van der Waals surface area contributed by atoms with Gasteiger partial charge >= 0.3 is 0 Å². The van der Waals surface area contributed by atoms with E-state index in [1.807, 2.05) is 39.0 Å². The van der Waals surface area contributed by atoms with Crippen LogP contribution in [0.1, 0.15) is 23.1 Å². The molecule has 0 radical (unpaired) electrons. The minimum Gasteiger partial charge on any atom is -0.493 e. The van der Waals surface area contributed by atoms with Crippen molar-refractivity contribution in [3.63, 3.8) is 0 Å². The second-order valence-electron chi connectivity index (χ2n) is 6.56. The number of fused-ring (bicyclic) bond motifs is 1. The molecule has 1 atom stereocenters. The SMILES string of the molecule is COCCCOc1ccnc(-c2nc3cc(C)c(C)cc3n2S(C)=O)c1C. The van der Waals surface area contributed by atoms with Gasteiger partial charge in [0.2, 0.25) is 0 Å². The molecule has 7 heteroatoms. The fraction of sp³-hybridized carbons (Fsp3) is 0.400. The van der Waals surface area contributed by atoms with Gasteiger partial charge in [0.25, 0.3) is 0 Å². The van der Waals surface area contributed by atoms with Gasteiger partial charge < -0.3 is 9.47 Å². The Morgan fingerprint density at radius 2 is 1.89 bits per heavy atom. The summed E-state index contributed by atoms with van der Waals surface area (Å²) in [6, 6.07) is 5.90. The molecule has 27 heavy (non-hydrogen) atoms. The van der Waals surface area contributed by atoms with Gasteiger partial charge in [-0.3, -0.25) is 4.98 Å². The maximum Gasteiger partial charge on any atom is 0.172 e. The Morgan fingerprint density at radius 3 is 2.59 bits per heavy atom. The lowest BCUT2D eigenvalue weighted by Gasteiger charge is -2.12. The first-order valence-corrected chi connectivity index (χ1v) is 10.4. The molecule has 6 nitrogen and oxygen atoms in total. The average Bonchev–Trinajstić information content (AvgIpc) is 2.98. The number of rotatable bonds is 7. The number of pyridine rings is 1. The number of methoxy groups -OCH3 is 1. The Bertz CT molecular complexity index is 998. The minimum atomic E-state index is -1.27. The third-order valence-electron chi connectivity index (χ3n) is 4.60. The summed E-state index contributed by atoms with van der Waals surface area (Å²) in [5.74, 6) is 1.35. The first-order valence-electron chi connectivity index (χ1n) is 8.85. The van der Waals surface area contributed by atoms with Crippen molar-refractivity contribution in [1.29, 1.82) is 0 Å². The lowest BCUT2D eigenvalue weighted by molar-refractivity contribution is 0.172. The predicted molar refractivity (Wildman–Crippen MR) is 109 cm³/mol. The molecule has 3 rings (SSSR count). The maximum atomic E-state index is 12.5. The van der Waals surface area contributed by atoms with Crippen molar-refractivity contribution < 1.29 is 13.7 Å². The van der Waals surface area contributed by atoms with Gasteiger partial charge in [0.05, 0.1) is 17.6 Å². The van der Waals surface area contributed by atoms with E-state index in [4.69, 9.17) is 14.5 Å². The van der Waals surface area contributed by atoms with Gasteiger partial charge in [-0.05, 0) is 50.1 Å². The monoisotopic (exact) mass is 387 g/mol. The largest absolute Gasteiger partial charge is 0.493 e. The van der Waals surface area contributed by atoms with E-state index in [2.05, 4.69) is 4.98 Å². The zero-order valence-corrected chi connectivity index (χ0v) is 17.2. The summed E-state index contributed by atoms with van der Waals surface area (Å²) < 4.78 is 25.2. The Hall–Kier alpha value is -2.25. The smallest absolute Gasteiger partial charge is 0.172 e. The van der Waals surface area contributed by atoms with Crippen molar-refractivity contribution in [3.8, 4) is 17.3 Å². The molecule has 0 bridgehead atoms. The van der Waals surface area contributed by atoms with Gasteiger partial charge in [-0.2, -0.15) is 0 Å². The Kier molecular flexibility index (Phi) is 5.92. The Balaban J connectivity index is 2.09. The van der Waals surface area contributed by atoms with Crippen LogP contribution in [-0.2, 0) is 15.7 Å². The number of aryl methyl sites for hydroxylation is 2. The van der Waals surface area contributed by atoms with E-state index >= 15 is 0 Å². The van der Waals surface area contributed by atoms with Crippen LogP contribution in [0.3, 0.4) is 0 Å². The van der Waals surface area contributed by atoms with E-state index in [0.29, 0.717) is 24.7 Å². The third-order valence-corrected chi connectivity index (χ3v) is 5.49. The highest BCUT2D eigenvalue weighted by Crippen LogP contribution is 2.31. The molecule has 0 aliphatic carbocycles. The molecular formula is C20H25N3O3S. The summed E-state index contributed by atoms with van der Waals surface area (Å²) >= 11 is 0. The maximum absolute atomic E-state index is 12.5. The van der Waals surface area contributed by atoms with Gasteiger partial charge in [-0.15, -0.1) is 0 Å². The van der Waals surface area contributed by atoms with Crippen LogP contribution in [0.2, 0.25) is 0 Å². The first kappa shape index (κ1) is 19.5. The van der Waals surface area contributed by atoms with Gasteiger partial charge in [-0.25, -0.2) is 13.2 Å². The van der Waals surface area contributed by atoms with Crippen LogP contribution >= 0.6 is 0 Å². The molecule has 2 heterocycles. The van der Waals surface area contributed by atoms with Gasteiger partial charge in [0.1, 0.15) is 22.4 Å². The number of ether oxygens (including phenoxy) is 2. The summed E-state index contributed by atoms with van der Waals surface area (Å²) in [6.45, 7) is 7.26.